The number of furan rings is 1. The van der Waals surface area contributed by atoms with Crippen LogP contribution in [0.15, 0.2) is 52.5 Å². The number of amides is 3. The van der Waals surface area contributed by atoms with Crippen molar-refractivity contribution in [1.29, 1.82) is 0 Å². The molecule has 1 fully saturated rings. The van der Waals surface area contributed by atoms with Gasteiger partial charge in [0.05, 0.1) is 31.9 Å². The molecular weight excluding hydrogens is 456 g/mol. The molecule has 0 atom stereocenters. The molecule has 0 saturated carbocycles. The van der Waals surface area contributed by atoms with E-state index in [1.807, 2.05) is 29.2 Å². The number of methoxy groups -OCH3 is 1. The number of rotatable bonds is 8. The molecule has 3 amide bonds. The third kappa shape index (κ3) is 6.02. The summed E-state index contributed by atoms with van der Waals surface area (Å²) in [6, 6.07) is 10.7. The van der Waals surface area contributed by atoms with Crippen LogP contribution in [-0.2, 0) is 22.4 Å². The van der Waals surface area contributed by atoms with Gasteiger partial charge >= 0.3 is 0 Å². The van der Waals surface area contributed by atoms with Crippen LogP contribution in [0.2, 0.25) is 0 Å². The maximum atomic E-state index is 12.7. The molecule has 4 rings (SSSR count). The van der Waals surface area contributed by atoms with E-state index >= 15 is 0 Å². The minimum absolute atomic E-state index is 0.0135. The Morgan fingerprint density at radius 2 is 1.94 bits per heavy atom. The van der Waals surface area contributed by atoms with Gasteiger partial charge in [-0.1, -0.05) is 18.2 Å². The summed E-state index contributed by atoms with van der Waals surface area (Å²) in [5, 5.41) is 7.84. The van der Waals surface area contributed by atoms with E-state index in [0.29, 0.717) is 48.9 Å². The van der Waals surface area contributed by atoms with Gasteiger partial charge in [0.15, 0.2) is 10.9 Å². The van der Waals surface area contributed by atoms with Crippen molar-refractivity contribution in [3.8, 4) is 5.75 Å². The number of hydrogen-bond donors (Lipinski definition) is 2. The molecular formula is C24H26N4O5S. The fourth-order valence-corrected chi connectivity index (χ4v) is 4.56. The highest BCUT2D eigenvalue weighted by Crippen LogP contribution is 2.20. The smallest absolute Gasteiger partial charge is 0.293 e. The molecule has 2 aromatic heterocycles. The molecule has 1 aliphatic heterocycles. The zero-order chi connectivity index (χ0) is 23.9. The van der Waals surface area contributed by atoms with Gasteiger partial charge in [0, 0.05) is 30.1 Å². The highest BCUT2D eigenvalue weighted by atomic mass is 32.1. The second-order valence-electron chi connectivity index (χ2n) is 7.96. The topological polar surface area (TPSA) is 114 Å². The molecule has 9 nitrogen and oxygen atoms in total. The summed E-state index contributed by atoms with van der Waals surface area (Å²) < 4.78 is 10.4. The van der Waals surface area contributed by atoms with Crippen molar-refractivity contribution in [2.24, 2.45) is 0 Å². The molecule has 3 heterocycles. The van der Waals surface area contributed by atoms with Crippen LogP contribution in [-0.4, -0.2) is 53.8 Å². The van der Waals surface area contributed by atoms with Gasteiger partial charge in [0.2, 0.25) is 11.8 Å². The average molecular weight is 483 g/mol. The maximum Gasteiger partial charge on any atom is 0.293 e. The Bertz CT molecular complexity index is 1140. The van der Waals surface area contributed by atoms with Crippen molar-refractivity contribution in [2.45, 2.75) is 31.7 Å². The zero-order valence-corrected chi connectivity index (χ0v) is 19.6. The number of anilines is 1. The number of ether oxygens (including phenoxy) is 1. The normalized spacial score (nSPS) is 14.0. The average Bonchev–Trinajstić information content (AvgIpc) is 3.52. The Balaban J connectivity index is 1.21. The molecule has 178 valence electrons. The van der Waals surface area contributed by atoms with Crippen molar-refractivity contribution in [3.05, 3.63) is 65.1 Å². The molecule has 3 aromatic rings. The van der Waals surface area contributed by atoms with Gasteiger partial charge in [-0.2, -0.15) is 0 Å². The molecule has 1 aliphatic rings. The van der Waals surface area contributed by atoms with E-state index in [1.54, 1.807) is 24.6 Å². The summed E-state index contributed by atoms with van der Waals surface area (Å²) in [7, 11) is 1.60. The zero-order valence-electron chi connectivity index (χ0n) is 18.8. The molecule has 1 saturated heterocycles. The highest BCUT2D eigenvalue weighted by Gasteiger charge is 2.24. The Morgan fingerprint density at radius 3 is 2.68 bits per heavy atom. The fraction of sp³-hybridized carbons (Fsp3) is 0.333. The van der Waals surface area contributed by atoms with E-state index in [0.717, 1.165) is 5.56 Å². The quantitative estimate of drug-likeness (QED) is 0.510. The second kappa shape index (κ2) is 11.0. The first-order valence-corrected chi connectivity index (χ1v) is 11.9. The molecule has 0 aliphatic carbocycles. The highest BCUT2D eigenvalue weighted by molar-refractivity contribution is 7.14. The van der Waals surface area contributed by atoms with Gasteiger partial charge in [0.1, 0.15) is 5.75 Å². The van der Waals surface area contributed by atoms with Gasteiger partial charge in [0.25, 0.3) is 5.91 Å². The first kappa shape index (κ1) is 23.5. The van der Waals surface area contributed by atoms with E-state index in [9.17, 15) is 14.4 Å². The predicted molar refractivity (Wildman–Crippen MR) is 127 cm³/mol. The fourth-order valence-electron chi connectivity index (χ4n) is 3.85. The lowest BCUT2D eigenvalue weighted by molar-refractivity contribution is -0.131. The lowest BCUT2D eigenvalue weighted by Crippen LogP contribution is -2.47. The van der Waals surface area contributed by atoms with Gasteiger partial charge in [-0.15, -0.1) is 11.3 Å². The SMILES string of the molecule is COc1ccccc1CC(=O)N1CCC(NC(=O)Cc2csc(NC(=O)c3ccco3)n2)CC1. The third-order valence-electron chi connectivity index (χ3n) is 5.61. The first-order valence-electron chi connectivity index (χ1n) is 11.0. The number of carbonyl (C=O) groups excluding carboxylic acids is 3. The largest absolute Gasteiger partial charge is 0.496 e. The third-order valence-corrected chi connectivity index (χ3v) is 6.41. The van der Waals surface area contributed by atoms with Crippen molar-refractivity contribution >= 4 is 34.2 Å². The van der Waals surface area contributed by atoms with Crippen LogP contribution >= 0.6 is 11.3 Å². The van der Waals surface area contributed by atoms with Crippen LogP contribution in [0.4, 0.5) is 5.13 Å². The Kier molecular flexibility index (Phi) is 7.58. The number of aromatic nitrogens is 1. The molecule has 34 heavy (non-hydrogen) atoms. The van der Waals surface area contributed by atoms with Crippen molar-refractivity contribution in [3.63, 3.8) is 0 Å². The Morgan fingerprint density at radius 1 is 1.15 bits per heavy atom. The first-order chi connectivity index (χ1) is 16.5. The van der Waals surface area contributed by atoms with E-state index in [-0.39, 0.29) is 35.9 Å². The van der Waals surface area contributed by atoms with Crippen LogP contribution in [0.3, 0.4) is 0 Å². The van der Waals surface area contributed by atoms with Crippen LogP contribution < -0.4 is 15.4 Å². The van der Waals surface area contributed by atoms with Gasteiger partial charge in [-0.3, -0.25) is 19.7 Å². The van der Waals surface area contributed by atoms with Crippen molar-refractivity contribution in [2.75, 3.05) is 25.5 Å². The van der Waals surface area contributed by atoms with Gasteiger partial charge < -0.3 is 19.4 Å². The number of nitrogens with zero attached hydrogens (tertiary/aromatic N) is 2. The molecule has 1 aromatic carbocycles. The van der Waals surface area contributed by atoms with Gasteiger partial charge in [-0.05, 0) is 31.0 Å². The minimum Gasteiger partial charge on any atom is -0.496 e. The standard InChI is InChI=1S/C24H26N4O5S/c1-32-19-6-3-2-5-16(19)13-22(30)28-10-8-17(9-11-28)25-21(29)14-18-15-34-24(26-18)27-23(31)20-7-4-12-33-20/h2-7,12,15,17H,8-11,13-14H2,1H3,(H,25,29)(H,26,27,31). The van der Waals surface area contributed by atoms with Crippen molar-refractivity contribution < 1.29 is 23.5 Å². The Labute approximate surface area is 201 Å². The minimum atomic E-state index is -0.387. The molecule has 2 N–H and O–H groups in total. The number of carbonyl (C=O) groups is 3. The lowest BCUT2D eigenvalue weighted by Gasteiger charge is -2.32. The summed E-state index contributed by atoms with van der Waals surface area (Å²) in [6.45, 7) is 1.19. The van der Waals surface area contributed by atoms with E-state index in [2.05, 4.69) is 15.6 Å². The van der Waals surface area contributed by atoms with Crippen LogP contribution in [0.5, 0.6) is 5.75 Å². The molecule has 0 spiro atoms. The monoisotopic (exact) mass is 482 g/mol. The molecule has 0 bridgehead atoms. The van der Waals surface area contributed by atoms with E-state index in [4.69, 9.17) is 9.15 Å². The number of hydrogen-bond acceptors (Lipinski definition) is 7. The summed E-state index contributed by atoms with van der Waals surface area (Å²) >= 11 is 1.25. The van der Waals surface area contributed by atoms with Gasteiger partial charge in [-0.25, -0.2) is 4.98 Å². The summed E-state index contributed by atoms with van der Waals surface area (Å²) in [4.78, 5) is 43.3. The lowest BCUT2D eigenvalue weighted by atomic mass is 10.0. The molecule has 0 radical (unpaired) electrons. The van der Waals surface area contributed by atoms with Crippen LogP contribution in [0, 0.1) is 0 Å². The second-order valence-corrected chi connectivity index (χ2v) is 8.82. The number of benzene rings is 1. The van der Waals surface area contributed by atoms with Crippen LogP contribution in [0.1, 0.15) is 34.7 Å². The number of likely N-dealkylation sites (tertiary alicyclic amines) is 1. The summed E-state index contributed by atoms with van der Waals surface area (Å²) in [5.41, 5.74) is 1.45. The van der Waals surface area contributed by atoms with Crippen molar-refractivity contribution in [1.82, 2.24) is 15.2 Å². The summed E-state index contributed by atoms with van der Waals surface area (Å²) in [5.74, 6) is 0.446. The molecule has 10 heteroatoms. The Hall–Kier alpha value is -3.66. The number of piperidine rings is 1. The summed E-state index contributed by atoms with van der Waals surface area (Å²) in [6.07, 6.45) is 3.24. The molecule has 0 unspecified atom stereocenters. The van der Waals surface area contributed by atoms with E-state index < -0.39 is 0 Å². The predicted octanol–water partition coefficient (Wildman–Crippen LogP) is 2.89. The maximum absolute atomic E-state index is 12.7. The number of thiazole rings is 1. The number of para-hydroxylation sites is 1. The number of nitrogens with one attached hydrogen (secondary N) is 2. The van der Waals surface area contributed by atoms with E-state index in [1.165, 1.54) is 17.6 Å². The van der Waals surface area contributed by atoms with Crippen LogP contribution in [0.25, 0.3) is 0 Å².